The van der Waals surface area contributed by atoms with Crippen LogP contribution in [0.5, 0.6) is 0 Å². The first-order valence-electron chi connectivity index (χ1n) is 7.76. The van der Waals surface area contributed by atoms with Gasteiger partial charge in [0.25, 0.3) is 0 Å². The molecule has 0 heterocycles. The van der Waals surface area contributed by atoms with Crippen molar-refractivity contribution in [2.45, 2.75) is 39.2 Å². The zero-order chi connectivity index (χ0) is 14.4. The van der Waals surface area contributed by atoms with E-state index in [0.717, 1.165) is 19.0 Å². The average Bonchev–Trinajstić information content (AvgIpc) is 3.28. The molecule has 0 aliphatic heterocycles. The molecule has 2 nitrogen and oxygen atoms in total. The zero-order valence-corrected chi connectivity index (χ0v) is 12.7. The van der Waals surface area contributed by atoms with E-state index in [-0.39, 0.29) is 0 Å². The Morgan fingerprint density at radius 1 is 1.35 bits per heavy atom. The monoisotopic (exact) mass is 270 g/mol. The lowest BCUT2D eigenvalue weighted by molar-refractivity contribution is 0.570. The fourth-order valence-corrected chi connectivity index (χ4v) is 2.44. The van der Waals surface area contributed by atoms with Gasteiger partial charge in [0, 0.05) is 18.3 Å². The van der Waals surface area contributed by atoms with Gasteiger partial charge >= 0.3 is 0 Å². The molecule has 0 amide bonds. The molecule has 108 valence electrons. The molecule has 2 heteroatoms. The number of nitrogens with one attached hydrogen (secondary N) is 1. The number of hydrogen-bond donors (Lipinski definition) is 1. The van der Waals surface area contributed by atoms with Crippen molar-refractivity contribution in [1.82, 2.24) is 5.32 Å². The maximum absolute atomic E-state index is 5.49. The molecule has 0 saturated heterocycles. The number of anilines is 1. The number of nitrogens with zero attached hydrogens (tertiary/aromatic N) is 1. The van der Waals surface area contributed by atoms with Gasteiger partial charge in [0.1, 0.15) is 0 Å². The van der Waals surface area contributed by atoms with E-state index in [0.29, 0.717) is 12.6 Å². The first-order valence-corrected chi connectivity index (χ1v) is 7.76. The predicted molar refractivity (Wildman–Crippen MR) is 86.9 cm³/mol. The van der Waals surface area contributed by atoms with Gasteiger partial charge < -0.3 is 10.2 Å². The van der Waals surface area contributed by atoms with Crippen LogP contribution in [-0.2, 0) is 0 Å². The summed E-state index contributed by atoms with van der Waals surface area (Å²) in [6.07, 6.45) is 9.38. The molecule has 1 aliphatic rings. The fourth-order valence-electron chi connectivity index (χ4n) is 2.44. The van der Waals surface area contributed by atoms with Gasteiger partial charge in [-0.2, -0.15) is 0 Å². The molecule has 1 fully saturated rings. The molecule has 1 aromatic rings. The van der Waals surface area contributed by atoms with E-state index in [1.54, 1.807) is 0 Å². The summed E-state index contributed by atoms with van der Waals surface area (Å²) in [5, 5.41) is 3.52. The highest BCUT2D eigenvalue weighted by molar-refractivity contribution is 5.49. The third-order valence-electron chi connectivity index (χ3n) is 3.92. The van der Waals surface area contributed by atoms with E-state index in [4.69, 9.17) is 6.42 Å². The summed E-state index contributed by atoms with van der Waals surface area (Å²) >= 11 is 0. The summed E-state index contributed by atoms with van der Waals surface area (Å²) in [5.74, 6) is 3.63. The van der Waals surface area contributed by atoms with Crippen molar-refractivity contribution in [3.8, 4) is 12.3 Å². The van der Waals surface area contributed by atoms with E-state index in [1.807, 2.05) is 0 Å². The van der Waals surface area contributed by atoms with Crippen LogP contribution in [0.3, 0.4) is 0 Å². The second kappa shape index (κ2) is 7.36. The smallest absolute Gasteiger partial charge is 0.0791 e. The van der Waals surface area contributed by atoms with Gasteiger partial charge in [-0.05, 0) is 56.3 Å². The van der Waals surface area contributed by atoms with Crippen LogP contribution >= 0.6 is 0 Å². The molecular formula is C18H26N2. The largest absolute Gasteiger partial charge is 0.360 e. The van der Waals surface area contributed by atoms with Gasteiger partial charge in [-0.1, -0.05) is 25.0 Å². The van der Waals surface area contributed by atoms with Crippen molar-refractivity contribution in [2.24, 2.45) is 5.92 Å². The van der Waals surface area contributed by atoms with Crippen LogP contribution in [0, 0.1) is 18.3 Å². The molecule has 2 rings (SSSR count). The highest BCUT2D eigenvalue weighted by Crippen LogP contribution is 2.31. The first-order chi connectivity index (χ1) is 9.74. The summed E-state index contributed by atoms with van der Waals surface area (Å²) < 4.78 is 0. The van der Waals surface area contributed by atoms with Crippen LogP contribution < -0.4 is 10.2 Å². The van der Waals surface area contributed by atoms with Gasteiger partial charge in [-0.3, -0.25) is 0 Å². The van der Waals surface area contributed by atoms with Crippen molar-refractivity contribution in [2.75, 3.05) is 24.5 Å². The Kier molecular flexibility index (Phi) is 5.49. The molecule has 1 N–H and O–H groups in total. The van der Waals surface area contributed by atoms with Crippen molar-refractivity contribution in [3.63, 3.8) is 0 Å². The molecule has 0 spiro atoms. The van der Waals surface area contributed by atoms with Crippen molar-refractivity contribution in [3.05, 3.63) is 29.8 Å². The Morgan fingerprint density at radius 3 is 2.60 bits per heavy atom. The predicted octanol–water partition coefficient (Wildman–Crippen LogP) is 3.60. The van der Waals surface area contributed by atoms with Gasteiger partial charge in [0.05, 0.1) is 6.54 Å². The molecule has 1 atom stereocenters. The maximum Gasteiger partial charge on any atom is 0.0791 e. The number of hydrogen-bond acceptors (Lipinski definition) is 2. The normalized spacial score (nSPS) is 15.7. The lowest BCUT2D eigenvalue weighted by Crippen LogP contribution is -2.26. The topological polar surface area (TPSA) is 15.3 Å². The molecule has 1 aliphatic carbocycles. The number of rotatable bonds is 8. The maximum atomic E-state index is 5.49. The number of benzene rings is 1. The van der Waals surface area contributed by atoms with Gasteiger partial charge in [0.15, 0.2) is 0 Å². The van der Waals surface area contributed by atoms with E-state index in [9.17, 15) is 0 Å². The lowest BCUT2D eigenvalue weighted by Gasteiger charge is -2.23. The summed E-state index contributed by atoms with van der Waals surface area (Å²) in [7, 11) is 0. The average molecular weight is 270 g/mol. The minimum absolute atomic E-state index is 0.411. The van der Waals surface area contributed by atoms with Crippen LogP contribution in [0.1, 0.15) is 44.7 Å². The van der Waals surface area contributed by atoms with Crippen molar-refractivity contribution in [1.29, 1.82) is 0 Å². The second-order valence-electron chi connectivity index (χ2n) is 5.80. The number of terminal acetylenes is 1. The minimum atomic E-state index is 0.411. The van der Waals surface area contributed by atoms with E-state index in [1.165, 1.54) is 30.5 Å². The molecule has 1 saturated carbocycles. The SMILES string of the molecule is C#CCN(CC1CC1)c1ccc(C(C)NCCC)cc1. The zero-order valence-electron chi connectivity index (χ0n) is 12.7. The second-order valence-corrected chi connectivity index (χ2v) is 5.80. The van der Waals surface area contributed by atoms with Crippen molar-refractivity contribution >= 4 is 5.69 Å². The Labute approximate surface area is 123 Å². The quantitative estimate of drug-likeness (QED) is 0.726. The summed E-state index contributed by atoms with van der Waals surface area (Å²) in [5.41, 5.74) is 2.59. The summed E-state index contributed by atoms with van der Waals surface area (Å²) in [6.45, 7) is 7.28. The summed E-state index contributed by atoms with van der Waals surface area (Å²) in [6, 6.07) is 9.27. The van der Waals surface area contributed by atoms with Crippen LogP contribution in [0.25, 0.3) is 0 Å². The van der Waals surface area contributed by atoms with E-state index in [2.05, 4.69) is 54.3 Å². The van der Waals surface area contributed by atoms with Gasteiger partial charge in [-0.25, -0.2) is 0 Å². The standard InChI is InChI=1S/C18H26N2/c1-4-12-19-15(3)17-8-10-18(11-9-17)20(13-5-2)14-16-6-7-16/h2,8-11,15-16,19H,4,6-7,12-14H2,1,3H3. The highest BCUT2D eigenvalue weighted by Gasteiger charge is 2.24. The van der Waals surface area contributed by atoms with Gasteiger partial charge in [-0.15, -0.1) is 6.42 Å². The third-order valence-corrected chi connectivity index (χ3v) is 3.92. The Morgan fingerprint density at radius 2 is 2.05 bits per heavy atom. The highest BCUT2D eigenvalue weighted by atomic mass is 15.1. The van der Waals surface area contributed by atoms with Crippen LogP contribution in [0.15, 0.2) is 24.3 Å². The Balaban J connectivity index is 1.99. The fraction of sp³-hybridized carbons (Fsp3) is 0.556. The molecule has 1 aromatic carbocycles. The molecule has 1 unspecified atom stereocenters. The Hall–Kier alpha value is -1.46. The lowest BCUT2D eigenvalue weighted by atomic mass is 10.1. The van der Waals surface area contributed by atoms with Crippen LogP contribution in [0.2, 0.25) is 0 Å². The summed E-state index contributed by atoms with van der Waals surface area (Å²) in [4.78, 5) is 2.32. The van der Waals surface area contributed by atoms with E-state index < -0.39 is 0 Å². The van der Waals surface area contributed by atoms with Crippen LogP contribution in [-0.4, -0.2) is 19.6 Å². The van der Waals surface area contributed by atoms with Gasteiger partial charge in [0.2, 0.25) is 0 Å². The first kappa shape index (κ1) is 14.9. The molecule has 20 heavy (non-hydrogen) atoms. The van der Waals surface area contributed by atoms with Crippen molar-refractivity contribution < 1.29 is 0 Å². The van der Waals surface area contributed by atoms with E-state index >= 15 is 0 Å². The Bertz CT molecular complexity index is 439. The molecule has 0 aromatic heterocycles. The molecule has 0 radical (unpaired) electrons. The third kappa shape index (κ3) is 4.28. The minimum Gasteiger partial charge on any atom is -0.360 e. The molecule has 0 bridgehead atoms. The molecular weight excluding hydrogens is 244 g/mol. The van der Waals surface area contributed by atoms with Crippen LogP contribution in [0.4, 0.5) is 5.69 Å².